The molecule has 1 aromatic carbocycles. The molecular formula is C16H18N2O3S2. The number of thiophene rings is 1. The second kappa shape index (κ2) is 6.43. The van der Waals surface area contributed by atoms with Crippen molar-refractivity contribution in [3.05, 3.63) is 47.2 Å². The summed E-state index contributed by atoms with van der Waals surface area (Å²) in [5.74, 6) is -0.163. The highest BCUT2D eigenvalue weighted by atomic mass is 32.2. The van der Waals surface area contributed by atoms with Gasteiger partial charge in [-0.2, -0.15) is 15.6 Å². The Hall–Kier alpha value is -1.70. The predicted octanol–water partition coefficient (Wildman–Crippen LogP) is 2.56. The van der Waals surface area contributed by atoms with Crippen LogP contribution in [0, 0.1) is 0 Å². The number of carbonyl (C=O) groups is 1. The molecule has 5 nitrogen and oxygen atoms in total. The molecule has 0 bridgehead atoms. The normalized spacial score (nSPS) is 19.3. The summed E-state index contributed by atoms with van der Waals surface area (Å²) in [6.45, 7) is 0.617. The van der Waals surface area contributed by atoms with Crippen LogP contribution in [0.2, 0.25) is 0 Å². The van der Waals surface area contributed by atoms with Crippen molar-refractivity contribution in [1.82, 2.24) is 4.31 Å². The summed E-state index contributed by atoms with van der Waals surface area (Å²) >= 11 is 1.33. The number of benzene rings is 1. The fourth-order valence-corrected chi connectivity index (χ4v) is 5.15. The van der Waals surface area contributed by atoms with Crippen LogP contribution in [0.4, 0.5) is 5.69 Å². The van der Waals surface area contributed by atoms with Crippen LogP contribution in [-0.4, -0.2) is 38.3 Å². The van der Waals surface area contributed by atoms with E-state index in [0.29, 0.717) is 13.0 Å². The quantitative estimate of drug-likeness (QED) is 0.851. The van der Waals surface area contributed by atoms with Gasteiger partial charge < -0.3 is 4.90 Å². The average molecular weight is 350 g/mol. The number of sulfonamides is 1. The molecule has 0 radical (unpaired) electrons. The summed E-state index contributed by atoms with van der Waals surface area (Å²) in [6.07, 6.45) is 1.32. The van der Waals surface area contributed by atoms with Crippen LogP contribution >= 0.6 is 11.3 Å². The highest BCUT2D eigenvalue weighted by Crippen LogP contribution is 2.27. The summed E-state index contributed by atoms with van der Waals surface area (Å²) in [5, 5.41) is 3.31. The number of carbonyl (C=O) groups excluding carboxylic acids is 1. The number of hydrogen-bond donors (Lipinski definition) is 0. The van der Waals surface area contributed by atoms with E-state index in [4.69, 9.17) is 0 Å². The first kappa shape index (κ1) is 16.2. The Morgan fingerprint density at radius 2 is 1.96 bits per heavy atom. The third kappa shape index (κ3) is 3.04. The third-order valence-electron chi connectivity index (χ3n) is 4.09. The van der Waals surface area contributed by atoms with E-state index in [1.807, 2.05) is 30.3 Å². The Morgan fingerprint density at radius 1 is 1.22 bits per heavy atom. The van der Waals surface area contributed by atoms with Crippen molar-refractivity contribution in [2.75, 3.05) is 18.5 Å². The summed E-state index contributed by atoms with van der Waals surface area (Å²) in [5.41, 5.74) is 0.809. The SMILES string of the molecule is CN(C1CCCN(c2ccccc2)C1=O)S(=O)(=O)c1ccsc1. The van der Waals surface area contributed by atoms with Gasteiger partial charge in [0.2, 0.25) is 15.9 Å². The fourth-order valence-electron chi connectivity index (χ4n) is 2.79. The van der Waals surface area contributed by atoms with E-state index in [-0.39, 0.29) is 10.8 Å². The molecule has 122 valence electrons. The number of anilines is 1. The van der Waals surface area contributed by atoms with E-state index in [0.717, 1.165) is 12.1 Å². The lowest BCUT2D eigenvalue weighted by molar-refractivity contribution is -0.123. The summed E-state index contributed by atoms with van der Waals surface area (Å²) in [6, 6.07) is 10.3. The van der Waals surface area contributed by atoms with Gasteiger partial charge >= 0.3 is 0 Å². The molecule has 3 rings (SSSR count). The molecule has 1 aromatic heterocycles. The Bertz CT molecular complexity index is 773. The van der Waals surface area contributed by atoms with E-state index in [9.17, 15) is 13.2 Å². The van der Waals surface area contributed by atoms with Crippen molar-refractivity contribution in [3.8, 4) is 0 Å². The summed E-state index contributed by atoms with van der Waals surface area (Å²) in [7, 11) is -2.15. The number of nitrogens with zero attached hydrogens (tertiary/aromatic N) is 2. The molecule has 0 spiro atoms. The van der Waals surface area contributed by atoms with E-state index in [2.05, 4.69) is 0 Å². The molecular weight excluding hydrogens is 332 g/mol. The lowest BCUT2D eigenvalue weighted by Crippen LogP contribution is -2.52. The number of likely N-dealkylation sites (N-methyl/N-ethyl adjacent to an activating group) is 1. The molecule has 1 aliphatic heterocycles. The smallest absolute Gasteiger partial charge is 0.245 e. The molecule has 1 aliphatic rings. The first-order chi connectivity index (χ1) is 11.0. The minimum Gasteiger partial charge on any atom is -0.311 e. The topological polar surface area (TPSA) is 57.7 Å². The lowest BCUT2D eigenvalue weighted by atomic mass is 10.0. The van der Waals surface area contributed by atoms with Crippen molar-refractivity contribution in [1.29, 1.82) is 0 Å². The van der Waals surface area contributed by atoms with E-state index >= 15 is 0 Å². The molecule has 0 N–H and O–H groups in total. The Kier molecular flexibility index (Phi) is 4.52. The minimum absolute atomic E-state index is 0.163. The van der Waals surface area contributed by atoms with Crippen molar-refractivity contribution in [2.45, 2.75) is 23.8 Å². The Labute approximate surface area is 140 Å². The van der Waals surface area contributed by atoms with Gasteiger partial charge in [-0.15, -0.1) is 0 Å². The van der Waals surface area contributed by atoms with Crippen LogP contribution in [0.5, 0.6) is 0 Å². The molecule has 1 unspecified atom stereocenters. The molecule has 1 saturated heterocycles. The van der Waals surface area contributed by atoms with Gasteiger partial charge in [-0.25, -0.2) is 8.42 Å². The maximum atomic E-state index is 12.8. The van der Waals surface area contributed by atoms with Gasteiger partial charge in [-0.1, -0.05) is 18.2 Å². The van der Waals surface area contributed by atoms with Crippen LogP contribution in [0.25, 0.3) is 0 Å². The number of para-hydroxylation sites is 1. The van der Waals surface area contributed by atoms with Crippen LogP contribution in [0.3, 0.4) is 0 Å². The lowest BCUT2D eigenvalue weighted by Gasteiger charge is -2.36. The van der Waals surface area contributed by atoms with Crippen molar-refractivity contribution < 1.29 is 13.2 Å². The van der Waals surface area contributed by atoms with Crippen molar-refractivity contribution >= 4 is 33.0 Å². The third-order valence-corrected chi connectivity index (χ3v) is 6.78. The van der Waals surface area contributed by atoms with Crippen molar-refractivity contribution in [2.24, 2.45) is 0 Å². The van der Waals surface area contributed by atoms with E-state index in [1.165, 1.54) is 22.7 Å². The van der Waals surface area contributed by atoms with Crippen LogP contribution in [-0.2, 0) is 14.8 Å². The maximum Gasteiger partial charge on any atom is 0.245 e. The molecule has 1 atom stereocenters. The number of piperidine rings is 1. The number of hydrogen-bond acceptors (Lipinski definition) is 4. The predicted molar refractivity (Wildman–Crippen MR) is 91.1 cm³/mol. The van der Waals surface area contributed by atoms with Gasteiger partial charge in [0.25, 0.3) is 0 Å². The van der Waals surface area contributed by atoms with E-state index < -0.39 is 16.1 Å². The highest BCUT2D eigenvalue weighted by Gasteiger charge is 2.38. The molecule has 1 amide bonds. The highest BCUT2D eigenvalue weighted by molar-refractivity contribution is 7.89. The second-order valence-electron chi connectivity index (χ2n) is 5.46. The fraction of sp³-hybridized carbons (Fsp3) is 0.312. The largest absolute Gasteiger partial charge is 0.311 e. The Morgan fingerprint density at radius 3 is 2.61 bits per heavy atom. The van der Waals surface area contributed by atoms with E-state index in [1.54, 1.807) is 21.7 Å². The Balaban J connectivity index is 1.87. The van der Waals surface area contributed by atoms with Gasteiger partial charge in [0.15, 0.2) is 0 Å². The zero-order chi connectivity index (χ0) is 16.4. The number of amides is 1. The molecule has 1 fully saturated rings. The van der Waals surface area contributed by atoms with Crippen molar-refractivity contribution in [3.63, 3.8) is 0 Å². The van der Waals surface area contributed by atoms with Gasteiger partial charge in [0, 0.05) is 24.7 Å². The van der Waals surface area contributed by atoms with Gasteiger partial charge in [-0.05, 0) is 36.4 Å². The summed E-state index contributed by atoms with van der Waals surface area (Å²) < 4.78 is 26.5. The van der Waals surface area contributed by atoms with Crippen LogP contribution < -0.4 is 4.90 Å². The second-order valence-corrected chi connectivity index (χ2v) is 8.24. The molecule has 2 heterocycles. The maximum absolute atomic E-state index is 12.8. The first-order valence-corrected chi connectivity index (χ1v) is 9.77. The summed E-state index contributed by atoms with van der Waals surface area (Å²) in [4.78, 5) is 14.7. The zero-order valence-corrected chi connectivity index (χ0v) is 14.4. The average Bonchev–Trinajstić information content (AvgIpc) is 3.10. The molecule has 23 heavy (non-hydrogen) atoms. The zero-order valence-electron chi connectivity index (χ0n) is 12.8. The minimum atomic E-state index is -3.64. The molecule has 0 saturated carbocycles. The van der Waals surface area contributed by atoms with Gasteiger partial charge in [0.05, 0.1) is 4.90 Å². The van der Waals surface area contributed by atoms with Gasteiger partial charge in [0.1, 0.15) is 6.04 Å². The standard InChI is InChI=1S/C16H18N2O3S2/c1-17(23(20,21)14-9-11-22-12-14)15-8-5-10-18(16(15)19)13-6-3-2-4-7-13/h2-4,6-7,9,11-12,15H,5,8,10H2,1H3. The van der Waals surface area contributed by atoms with Crippen LogP contribution in [0.15, 0.2) is 52.1 Å². The molecule has 0 aliphatic carbocycles. The van der Waals surface area contributed by atoms with Crippen LogP contribution in [0.1, 0.15) is 12.8 Å². The monoisotopic (exact) mass is 350 g/mol. The molecule has 7 heteroatoms. The molecule has 2 aromatic rings. The first-order valence-electron chi connectivity index (χ1n) is 7.38. The number of rotatable bonds is 4. The van der Waals surface area contributed by atoms with Gasteiger partial charge in [-0.3, -0.25) is 4.79 Å².